The lowest BCUT2D eigenvalue weighted by Crippen LogP contribution is -2.00. The molecule has 1 aromatic heterocycles. The van der Waals surface area contributed by atoms with Gasteiger partial charge in [-0.05, 0) is 18.2 Å². The first-order chi connectivity index (χ1) is 9.56. The Morgan fingerprint density at radius 3 is 2.90 bits per heavy atom. The van der Waals surface area contributed by atoms with Crippen LogP contribution in [-0.4, -0.2) is 25.1 Å². The molecule has 2 rings (SSSR count). The fourth-order valence-electron chi connectivity index (χ4n) is 1.55. The van der Waals surface area contributed by atoms with Crippen LogP contribution in [0.25, 0.3) is 5.69 Å². The zero-order valence-electron chi connectivity index (χ0n) is 9.76. The van der Waals surface area contributed by atoms with Gasteiger partial charge in [0.2, 0.25) is 0 Å². The van der Waals surface area contributed by atoms with E-state index in [9.17, 15) is 10.1 Å². The number of hydrogen-bond acceptors (Lipinski definition) is 6. The van der Waals surface area contributed by atoms with Gasteiger partial charge >= 0.3 is 5.69 Å². The number of nitriles is 1. The predicted molar refractivity (Wildman–Crippen MR) is 69.1 cm³/mol. The van der Waals surface area contributed by atoms with Crippen molar-refractivity contribution in [3.63, 3.8) is 0 Å². The Morgan fingerprint density at radius 1 is 1.60 bits per heavy atom. The second-order valence-electron chi connectivity index (χ2n) is 3.63. The average Bonchev–Trinajstić information content (AvgIpc) is 2.95. The summed E-state index contributed by atoms with van der Waals surface area (Å²) >= 11 is 5.64. The van der Waals surface area contributed by atoms with E-state index in [1.54, 1.807) is 0 Å². The van der Waals surface area contributed by atoms with Crippen molar-refractivity contribution in [2.24, 2.45) is 5.16 Å². The smallest absolute Gasteiger partial charge is 0.307 e. The van der Waals surface area contributed by atoms with E-state index < -0.39 is 4.92 Å². The van der Waals surface area contributed by atoms with Crippen LogP contribution in [0, 0.1) is 21.4 Å². The van der Waals surface area contributed by atoms with Gasteiger partial charge in [-0.1, -0.05) is 16.8 Å². The van der Waals surface area contributed by atoms with Crippen molar-refractivity contribution >= 4 is 22.5 Å². The molecule has 0 atom stereocenters. The number of nitro groups is 1. The number of rotatable bonds is 3. The quantitative estimate of drug-likeness (QED) is 0.402. The second kappa shape index (κ2) is 5.38. The van der Waals surface area contributed by atoms with Crippen LogP contribution < -0.4 is 0 Å². The minimum absolute atomic E-state index is 0.167. The van der Waals surface area contributed by atoms with Crippen LogP contribution in [0.4, 0.5) is 5.69 Å². The molecule has 0 unspecified atom stereocenters. The van der Waals surface area contributed by atoms with Gasteiger partial charge in [-0.2, -0.15) is 10.4 Å². The summed E-state index contributed by atoms with van der Waals surface area (Å²) in [6, 6.07) is 6.32. The Morgan fingerprint density at radius 2 is 2.35 bits per heavy atom. The summed E-state index contributed by atoms with van der Waals surface area (Å²) in [4.78, 5) is 10.0. The molecule has 0 saturated heterocycles. The standard InChI is InChI=1S/C11H6ClN5O3/c12-11(15-18)7-1-2-10(8(3-7)4-13)16-6-9(5-14-16)17(19)20/h1-3,5-6,18H. The third kappa shape index (κ3) is 2.43. The summed E-state index contributed by atoms with van der Waals surface area (Å²) in [5.41, 5.74) is 0.693. The van der Waals surface area contributed by atoms with Gasteiger partial charge in [-0.15, -0.1) is 0 Å². The van der Waals surface area contributed by atoms with Gasteiger partial charge in [0.1, 0.15) is 18.5 Å². The second-order valence-corrected chi connectivity index (χ2v) is 3.99. The van der Waals surface area contributed by atoms with Gasteiger partial charge in [0.15, 0.2) is 5.17 Å². The molecule has 0 aliphatic carbocycles. The van der Waals surface area contributed by atoms with Gasteiger partial charge in [0, 0.05) is 5.56 Å². The molecule has 100 valence electrons. The molecule has 9 heteroatoms. The van der Waals surface area contributed by atoms with Crippen molar-refractivity contribution in [3.8, 4) is 11.8 Å². The van der Waals surface area contributed by atoms with E-state index >= 15 is 0 Å². The molecule has 0 saturated carbocycles. The fourth-order valence-corrected chi connectivity index (χ4v) is 1.67. The summed E-state index contributed by atoms with van der Waals surface area (Å²) in [6.07, 6.45) is 2.27. The largest absolute Gasteiger partial charge is 0.410 e. The first kappa shape index (κ1) is 13.5. The Hall–Kier alpha value is -2.92. The lowest BCUT2D eigenvalue weighted by atomic mass is 10.1. The first-order valence-corrected chi connectivity index (χ1v) is 5.56. The third-order valence-corrected chi connectivity index (χ3v) is 2.76. The molecule has 0 radical (unpaired) electrons. The van der Waals surface area contributed by atoms with E-state index in [0.29, 0.717) is 11.3 Å². The van der Waals surface area contributed by atoms with Crippen molar-refractivity contribution in [2.75, 3.05) is 0 Å². The Balaban J connectivity index is 2.52. The van der Waals surface area contributed by atoms with Gasteiger partial charge in [-0.3, -0.25) is 10.1 Å². The highest BCUT2D eigenvalue weighted by Gasteiger charge is 2.13. The summed E-state index contributed by atoms with van der Waals surface area (Å²) in [7, 11) is 0. The van der Waals surface area contributed by atoms with E-state index in [0.717, 1.165) is 6.20 Å². The van der Waals surface area contributed by atoms with Crippen LogP contribution >= 0.6 is 11.6 Å². The molecule has 1 aromatic carbocycles. The Labute approximate surface area is 117 Å². The predicted octanol–water partition coefficient (Wildman–Crippen LogP) is 2.03. The van der Waals surface area contributed by atoms with Crippen molar-refractivity contribution in [3.05, 3.63) is 51.8 Å². The zero-order valence-corrected chi connectivity index (χ0v) is 10.5. The molecular weight excluding hydrogens is 286 g/mol. The van der Waals surface area contributed by atoms with E-state index in [-0.39, 0.29) is 16.4 Å². The number of halogens is 1. The number of nitrogens with zero attached hydrogens (tertiary/aromatic N) is 5. The highest BCUT2D eigenvalue weighted by atomic mass is 35.5. The molecule has 1 N–H and O–H groups in total. The van der Waals surface area contributed by atoms with E-state index in [2.05, 4.69) is 10.3 Å². The molecule has 20 heavy (non-hydrogen) atoms. The molecule has 0 aliphatic heterocycles. The maximum Gasteiger partial charge on any atom is 0.307 e. The van der Waals surface area contributed by atoms with Gasteiger partial charge in [0.25, 0.3) is 0 Å². The highest BCUT2D eigenvalue weighted by molar-refractivity contribution is 6.69. The van der Waals surface area contributed by atoms with E-state index in [4.69, 9.17) is 22.1 Å². The molecule has 1 heterocycles. The van der Waals surface area contributed by atoms with Crippen LogP contribution in [0.2, 0.25) is 0 Å². The maximum absolute atomic E-state index is 10.6. The number of hydrogen-bond donors (Lipinski definition) is 1. The Bertz CT molecular complexity index is 747. The Kier molecular flexibility index (Phi) is 3.63. The molecule has 8 nitrogen and oxygen atoms in total. The van der Waals surface area contributed by atoms with Gasteiger partial charge in [0.05, 0.1) is 16.2 Å². The average molecular weight is 292 g/mol. The first-order valence-electron chi connectivity index (χ1n) is 5.18. The van der Waals surface area contributed by atoms with Crippen molar-refractivity contribution in [2.45, 2.75) is 0 Å². The SMILES string of the molecule is N#Cc1cc(C(Cl)=NO)ccc1-n1cc([N+](=O)[O-])cn1. The lowest BCUT2D eigenvalue weighted by molar-refractivity contribution is -0.384. The molecule has 0 bridgehead atoms. The minimum Gasteiger partial charge on any atom is -0.410 e. The topological polar surface area (TPSA) is 117 Å². The zero-order chi connectivity index (χ0) is 14.7. The van der Waals surface area contributed by atoms with Gasteiger partial charge in [-0.25, -0.2) is 4.68 Å². The monoisotopic (exact) mass is 291 g/mol. The number of oxime groups is 1. The number of benzene rings is 1. The fraction of sp³-hybridized carbons (Fsp3) is 0. The third-order valence-electron chi connectivity index (χ3n) is 2.47. The molecule has 2 aromatic rings. The van der Waals surface area contributed by atoms with Crippen LogP contribution in [0.5, 0.6) is 0 Å². The van der Waals surface area contributed by atoms with Crippen LogP contribution in [-0.2, 0) is 0 Å². The lowest BCUT2D eigenvalue weighted by Gasteiger charge is -2.05. The van der Waals surface area contributed by atoms with Crippen molar-refractivity contribution < 1.29 is 10.1 Å². The van der Waals surface area contributed by atoms with E-state index in [1.807, 2.05) is 6.07 Å². The highest BCUT2D eigenvalue weighted by Crippen LogP contribution is 2.19. The summed E-state index contributed by atoms with van der Waals surface area (Å²) < 4.78 is 1.21. The molecule has 0 spiro atoms. The van der Waals surface area contributed by atoms with Crippen LogP contribution in [0.1, 0.15) is 11.1 Å². The molecule has 0 aliphatic rings. The molecule has 0 amide bonds. The minimum atomic E-state index is -0.584. The van der Waals surface area contributed by atoms with Crippen LogP contribution in [0.3, 0.4) is 0 Å². The van der Waals surface area contributed by atoms with Crippen molar-refractivity contribution in [1.82, 2.24) is 9.78 Å². The number of aromatic nitrogens is 2. The molecule has 0 fully saturated rings. The van der Waals surface area contributed by atoms with Gasteiger partial charge < -0.3 is 5.21 Å². The van der Waals surface area contributed by atoms with E-state index in [1.165, 1.54) is 29.1 Å². The summed E-state index contributed by atoms with van der Waals surface area (Å²) in [5, 5.41) is 34.8. The molecular formula is C11H6ClN5O3. The maximum atomic E-state index is 10.6. The summed E-state index contributed by atoms with van der Waals surface area (Å²) in [5.74, 6) is 0. The summed E-state index contributed by atoms with van der Waals surface area (Å²) in [6.45, 7) is 0. The normalized spacial score (nSPS) is 11.1. The van der Waals surface area contributed by atoms with Crippen molar-refractivity contribution in [1.29, 1.82) is 5.26 Å². The van der Waals surface area contributed by atoms with Crippen LogP contribution in [0.15, 0.2) is 35.7 Å².